The van der Waals surface area contributed by atoms with Gasteiger partial charge in [-0.3, -0.25) is 19.6 Å². The van der Waals surface area contributed by atoms with Crippen molar-refractivity contribution in [3.63, 3.8) is 0 Å². The Morgan fingerprint density at radius 3 is 2.69 bits per heavy atom. The number of aromatic nitrogens is 1. The van der Waals surface area contributed by atoms with Crippen LogP contribution >= 0.6 is 0 Å². The zero-order valence-corrected chi connectivity index (χ0v) is 16.1. The molecule has 3 heterocycles. The van der Waals surface area contributed by atoms with E-state index in [9.17, 15) is 4.79 Å². The zero-order valence-electron chi connectivity index (χ0n) is 16.1. The minimum Gasteiger partial charge on any atom is -0.481 e. The molecule has 1 N–H and O–H groups in total. The highest BCUT2D eigenvalue weighted by atomic mass is 16.4. The van der Waals surface area contributed by atoms with Gasteiger partial charge in [-0.2, -0.15) is 0 Å². The predicted octanol–water partition coefficient (Wildman–Crippen LogP) is 1.69. The van der Waals surface area contributed by atoms with Crippen molar-refractivity contribution in [3.8, 4) is 0 Å². The molecule has 0 amide bonds. The third-order valence-electron chi connectivity index (χ3n) is 5.85. The molecule has 144 valence electrons. The van der Waals surface area contributed by atoms with E-state index in [4.69, 9.17) is 5.11 Å². The van der Waals surface area contributed by atoms with Crippen LogP contribution < -0.4 is 0 Å². The molecule has 2 fully saturated rings. The highest BCUT2D eigenvalue weighted by Gasteiger charge is 2.34. The van der Waals surface area contributed by atoms with E-state index in [1.807, 2.05) is 13.0 Å². The molecule has 0 aromatic carbocycles. The zero-order chi connectivity index (χ0) is 18.5. The molecule has 0 spiro atoms. The normalized spacial score (nSPS) is 26.1. The van der Waals surface area contributed by atoms with Crippen molar-refractivity contribution in [1.29, 1.82) is 0 Å². The number of rotatable bonds is 6. The van der Waals surface area contributed by atoms with Gasteiger partial charge in [0, 0.05) is 64.0 Å². The number of piperazine rings is 1. The number of hydrogen-bond acceptors (Lipinski definition) is 5. The summed E-state index contributed by atoms with van der Waals surface area (Å²) < 4.78 is 0. The standard InChI is InChI=1S/C20H32N4O2/c1-16-4-3-5-18(21-16)15-23-9-8-19(17(14-23)6-7-20(25)26)24-12-10-22(2)11-13-24/h3-5,17,19H,6-15H2,1-2H3,(H,25,26)/t17-,19+/m1/s1. The Balaban J connectivity index is 1.63. The van der Waals surface area contributed by atoms with Crippen LogP contribution in [0.25, 0.3) is 0 Å². The van der Waals surface area contributed by atoms with Crippen LogP contribution in [-0.4, -0.2) is 83.1 Å². The van der Waals surface area contributed by atoms with Gasteiger partial charge in [0.15, 0.2) is 0 Å². The van der Waals surface area contributed by atoms with Crippen molar-refractivity contribution in [2.45, 2.75) is 38.8 Å². The summed E-state index contributed by atoms with van der Waals surface area (Å²) in [6, 6.07) is 6.70. The van der Waals surface area contributed by atoms with Crippen molar-refractivity contribution < 1.29 is 9.90 Å². The first-order valence-electron chi connectivity index (χ1n) is 9.80. The Morgan fingerprint density at radius 2 is 2.00 bits per heavy atom. The summed E-state index contributed by atoms with van der Waals surface area (Å²) in [5.74, 6) is -0.257. The number of carbonyl (C=O) groups is 1. The van der Waals surface area contributed by atoms with Crippen LogP contribution in [0.1, 0.15) is 30.7 Å². The molecule has 2 aliphatic rings. The van der Waals surface area contributed by atoms with Crippen LogP contribution in [0.4, 0.5) is 0 Å². The number of hydrogen-bond donors (Lipinski definition) is 1. The maximum Gasteiger partial charge on any atom is 0.303 e. The lowest BCUT2D eigenvalue weighted by molar-refractivity contribution is -0.137. The van der Waals surface area contributed by atoms with Crippen LogP contribution in [-0.2, 0) is 11.3 Å². The summed E-state index contributed by atoms with van der Waals surface area (Å²) in [6.07, 6.45) is 2.16. The first-order valence-corrected chi connectivity index (χ1v) is 9.80. The van der Waals surface area contributed by atoms with Gasteiger partial charge < -0.3 is 10.0 Å². The van der Waals surface area contributed by atoms with Crippen molar-refractivity contribution >= 4 is 5.97 Å². The van der Waals surface area contributed by atoms with E-state index < -0.39 is 5.97 Å². The number of aryl methyl sites for hydroxylation is 1. The molecule has 0 radical (unpaired) electrons. The van der Waals surface area contributed by atoms with Crippen LogP contribution in [0.3, 0.4) is 0 Å². The van der Waals surface area contributed by atoms with E-state index in [1.54, 1.807) is 0 Å². The van der Waals surface area contributed by atoms with Crippen LogP contribution in [0.5, 0.6) is 0 Å². The second-order valence-electron chi connectivity index (χ2n) is 7.89. The highest BCUT2D eigenvalue weighted by molar-refractivity contribution is 5.66. The molecule has 2 saturated heterocycles. The summed E-state index contributed by atoms with van der Waals surface area (Å²) >= 11 is 0. The molecule has 6 heteroatoms. The Bertz CT molecular complexity index is 601. The molecule has 1 aromatic heterocycles. The predicted molar refractivity (Wildman–Crippen MR) is 102 cm³/mol. The number of carboxylic acid groups (broad SMARTS) is 1. The molecule has 3 rings (SSSR count). The van der Waals surface area contributed by atoms with E-state index in [0.29, 0.717) is 12.0 Å². The fraction of sp³-hybridized carbons (Fsp3) is 0.700. The van der Waals surface area contributed by atoms with Gasteiger partial charge in [0.25, 0.3) is 0 Å². The smallest absolute Gasteiger partial charge is 0.303 e. The lowest BCUT2D eigenvalue weighted by Gasteiger charge is -2.46. The number of pyridine rings is 1. The van der Waals surface area contributed by atoms with Gasteiger partial charge in [-0.15, -0.1) is 0 Å². The molecular weight excluding hydrogens is 328 g/mol. The quantitative estimate of drug-likeness (QED) is 0.833. The number of likely N-dealkylation sites (N-methyl/N-ethyl adjacent to an activating group) is 1. The Labute approximate surface area is 156 Å². The molecule has 0 bridgehead atoms. The van der Waals surface area contributed by atoms with Gasteiger partial charge in [0.1, 0.15) is 0 Å². The number of likely N-dealkylation sites (tertiary alicyclic amines) is 1. The molecule has 2 aliphatic heterocycles. The number of carboxylic acids is 1. The van der Waals surface area contributed by atoms with Gasteiger partial charge in [-0.25, -0.2) is 0 Å². The average Bonchev–Trinajstić information content (AvgIpc) is 2.61. The van der Waals surface area contributed by atoms with Crippen molar-refractivity contribution in [2.24, 2.45) is 5.92 Å². The summed E-state index contributed by atoms with van der Waals surface area (Å²) in [5, 5.41) is 9.16. The highest BCUT2D eigenvalue weighted by Crippen LogP contribution is 2.28. The molecular formula is C20H32N4O2. The minimum atomic E-state index is -0.681. The molecule has 0 aliphatic carbocycles. The third kappa shape index (κ3) is 5.25. The molecule has 26 heavy (non-hydrogen) atoms. The first-order chi connectivity index (χ1) is 12.5. The number of nitrogens with zero attached hydrogens (tertiary/aromatic N) is 4. The largest absolute Gasteiger partial charge is 0.481 e. The molecule has 0 unspecified atom stereocenters. The summed E-state index contributed by atoms with van der Waals surface area (Å²) in [6.45, 7) is 9.35. The van der Waals surface area contributed by atoms with Crippen molar-refractivity contribution in [2.75, 3.05) is 46.3 Å². The molecule has 1 aromatic rings. The Kier molecular flexibility index (Phi) is 6.62. The van der Waals surface area contributed by atoms with Crippen molar-refractivity contribution in [1.82, 2.24) is 19.7 Å². The van der Waals surface area contributed by atoms with Crippen LogP contribution in [0.15, 0.2) is 18.2 Å². The Hall–Kier alpha value is -1.50. The molecule has 6 nitrogen and oxygen atoms in total. The maximum atomic E-state index is 11.1. The number of piperidine rings is 1. The van der Waals surface area contributed by atoms with E-state index in [-0.39, 0.29) is 6.42 Å². The van der Waals surface area contributed by atoms with E-state index >= 15 is 0 Å². The lowest BCUT2D eigenvalue weighted by Crippen LogP contribution is -2.56. The second kappa shape index (κ2) is 8.93. The Morgan fingerprint density at radius 1 is 1.23 bits per heavy atom. The van der Waals surface area contributed by atoms with Gasteiger partial charge in [-0.1, -0.05) is 6.07 Å². The SMILES string of the molecule is Cc1cccc(CN2CC[C@H](N3CCN(C)CC3)[C@H](CCC(=O)O)C2)n1. The van der Waals surface area contributed by atoms with Crippen LogP contribution in [0.2, 0.25) is 0 Å². The monoisotopic (exact) mass is 360 g/mol. The van der Waals surface area contributed by atoms with Gasteiger partial charge >= 0.3 is 5.97 Å². The lowest BCUT2D eigenvalue weighted by atomic mass is 9.86. The second-order valence-corrected chi connectivity index (χ2v) is 7.89. The third-order valence-corrected chi connectivity index (χ3v) is 5.85. The minimum absolute atomic E-state index is 0.269. The maximum absolute atomic E-state index is 11.1. The fourth-order valence-corrected chi connectivity index (χ4v) is 4.38. The topological polar surface area (TPSA) is 59.9 Å². The average molecular weight is 361 g/mol. The van der Waals surface area contributed by atoms with Crippen molar-refractivity contribution in [3.05, 3.63) is 29.6 Å². The van der Waals surface area contributed by atoms with E-state index in [1.165, 1.54) is 0 Å². The summed E-state index contributed by atoms with van der Waals surface area (Å²) in [7, 11) is 2.18. The van der Waals surface area contributed by atoms with E-state index in [0.717, 1.165) is 70.0 Å². The first kappa shape index (κ1) is 19.3. The van der Waals surface area contributed by atoms with Gasteiger partial charge in [0.05, 0.1) is 5.69 Å². The molecule has 2 atom stereocenters. The molecule has 0 saturated carbocycles. The summed E-state index contributed by atoms with van der Waals surface area (Å²) in [5.41, 5.74) is 2.16. The van der Waals surface area contributed by atoms with Gasteiger partial charge in [0.2, 0.25) is 0 Å². The number of aliphatic carboxylic acids is 1. The fourth-order valence-electron chi connectivity index (χ4n) is 4.38. The van der Waals surface area contributed by atoms with Gasteiger partial charge in [-0.05, 0) is 44.9 Å². The van der Waals surface area contributed by atoms with Crippen LogP contribution in [0, 0.1) is 12.8 Å². The van der Waals surface area contributed by atoms with E-state index in [2.05, 4.69) is 38.9 Å². The summed E-state index contributed by atoms with van der Waals surface area (Å²) in [4.78, 5) is 23.2.